The number of likely N-dealkylation sites (tertiary alicyclic amines) is 1. The summed E-state index contributed by atoms with van der Waals surface area (Å²) < 4.78 is 5.25. The zero-order valence-corrected chi connectivity index (χ0v) is 16.1. The summed E-state index contributed by atoms with van der Waals surface area (Å²) in [7, 11) is 0. The molecule has 1 aromatic heterocycles. The van der Waals surface area contributed by atoms with Crippen molar-refractivity contribution in [2.75, 3.05) is 25.0 Å². The number of quaternary nitrogens is 1. The molecule has 1 saturated heterocycles. The summed E-state index contributed by atoms with van der Waals surface area (Å²) in [5, 5.41) is 3.73. The lowest BCUT2D eigenvalue weighted by atomic mass is 9.95. The summed E-state index contributed by atoms with van der Waals surface area (Å²) in [6, 6.07) is 0.528. The van der Waals surface area contributed by atoms with Gasteiger partial charge >= 0.3 is 5.97 Å². The summed E-state index contributed by atoms with van der Waals surface area (Å²) in [5.41, 5.74) is 1.71. The molecular formula is C19H29N2O3S+. The van der Waals surface area contributed by atoms with Gasteiger partial charge in [0.25, 0.3) is 5.91 Å². The Bertz CT molecular complexity index is 641. The Morgan fingerprint density at radius 2 is 2.04 bits per heavy atom. The number of esters is 1. The summed E-state index contributed by atoms with van der Waals surface area (Å²) >= 11 is 1.57. The molecule has 1 aromatic rings. The zero-order chi connectivity index (χ0) is 17.8. The highest BCUT2D eigenvalue weighted by Crippen LogP contribution is 2.38. The predicted octanol–water partition coefficient (Wildman–Crippen LogP) is 2.20. The lowest BCUT2D eigenvalue weighted by Crippen LogP contribution is -3.17. The molecule has 2 N–H and O–H groups in total. The number of hydrogen-bond acceptors (Lipinski definition) is 4. The van der Waals surface area contributed by atoms with Crippen molar-refractivity contribution >= 4 is 28.2 Å². The van der Waals surface area contributed by atoms with Gasteiger partial charge in [0.2, 0.25) is 0 Å². The Labute approximate surface area is 153 Å². The van der Waals surface area contributed by atoms with E-state index in [1.807, 2.05) is 6.92 Å². The van der Waals surface area contributed by atoms with Crippen LogP contribution < -0.4 is 10.2 Å². The second kappa shape index (κ2) is 8.32. The number of nitrogens with one attached hydrogen (secondary N) is 2. The van der Waals surface area contributed by atoms with Gasteiger partial charge in [-0.1, -0.05) is 0 Å². The van der Waals surface area contributed by atoms with Gasteiger partial charge in [-0.3, -0.25) is 4.79 Å². The number of anilines is 1. The maximum Gasteiger partial charge on any atom is 0.341 e. The minimum atomic E-state index is -0.295. The number of piperidine rings is 1. The number of amides is 1. The van der Waals surface area contributed by atoms with Gasteiger partial charge < -0.3 is 15.0 Å². The number of carbonyl (C=O) groups excluding carboxylic acids is 2. The number of hydrogen-bond donors (Lipinski definition) is 2. The van der Waals surface area contributed by atoms with Crippen molar-refractivity contribution in [3.8, 4) is 0 Å². The first-order valence-electron chi connectivity index (χ1n) is 9.56. The molecule has 6 heteroatoms. The van der Waals surface area contributed by atoms with Crippen LogP contribution in [0.4, 0.5) is 5.00 Å². The minimum absolute atomic E-state index is 0.00731. The van der Waals surface area contributed by atoms with Crippen molar-refractivity contribution in [1.82, 2.24) is 0 Å². The van der Waals surface area contributed by atoms with E-state index in [9.17, 15) is 9.59 Å². The molecule has 0 aromatic carbocycles. The number of rotatable bonds is 5. The Morgan fingerprint density at radius 1 is 1.24 bits per heavy atom. The van der Waals surface area contributed by atoms with E-state index in [0.717, 1.165) is 37.8 Å². The van der Waals surface area contributed by atoms with Gasteiger partial charge in [0, 0.05) is 4.88 Å². The standard InChI is InChI=1S/C19H28N2O3S/c1-3-24-19(23)17-14-9-4-5-10-15(14)25-18(17)20-16(22)12-21-11-7-6-8-13(21)2/h13H,3-12H2,1-2H3,(H,20,22)/p+1/t13-/m0/s1. The first kappa shape index (κ1) is 18.4. The van der Waals surface area contributed by atoms with E-state index in [2.05, 4.69) is 12.2 Å². The Morgan fingerprint density at radius 3 is 2.80 bits per heavy atom. The molecule has 1 aliphatic heterocycles. The minimum Gasteiger partial charge on any atom is -0.462 e. The smallest absolute Gasteiger partial charge is 0.341 e. The highest BCUT2D eigenvalue weighted by Gasteiger charge is 2.29. The van der Waals surface area contributed by atoms with E-state index in [1.165, 1.54) is 29.0 Å². The van der Waals surface area contributed by atoms with E-state index >= 15 is 0 Å². The van der Waals surface area contributed by atoms with Crippen molar-refractivity contribution in [1.29, 1.82) is 0 Å². The molecule has 138 valence electrons. The molecule has 25 heavy (non-hydrogen) atoms. The van der Waals surface area contributed by atoms with Crippen molar-refractivity contribution in [2.24, 2.45) is 0 Å². The molecule has 1 fully saturated rings. The summed E-state index contributed by atoms with van der Waals surface area (Å²) in [6.45, 7) is 5.92. The van der Waals surface area contributed by atoms with Crippen LogP contribution in [0.5, 0.6) is 0 Å². The number of thiophene rings is 1. The fourth-order valence-corrected chi connectivity index (χ4v) is 5.26. The van der Waals surface area contributed by atoms with Gasteiger partial charge in [0.1, 0.15) is 5.00 Å². The average molecular weight is 366 g/mol. The molecule has 3 rings (SSSR count). The second-order valence-corrected chi connectivity index (χ2v) is 8.27. The molecule has 0 saturated carbocycles. The zero-order valence-electron chi connectivity index (χ0n) is 15.3. The lowest BCUT2D eigenvalue weighted by molar-refractivity contribution is -0.920. The fraction of sp³-hybridized carbons (Fsp3) is 0.684. The Kier molecular flexibility index (Phi) is 6.12. The molecule has 2 aliphatic rings. The number of fused-ring (bicyclic) bond motifs is 1. The number of aryl methyl sites for hydroxylation is 1. The quantitative estimate of drug-likeness (QED) is 0.787. The molecule has 1 unspecified atom stereocenters. The Hall–Kier alpha value is -1.40. The summed E-state index contributed by atoms with van der Waals surface area (Å²) in [4.78, 5) is 27.6. The van der Waals surface area contributed by atoms with Crippen molar-refractivity contribution < 1.29 is 19.2 Å². The Balaban J connectivity index is 1.75. The van der Waals surface area contributed by atoms with Crippen LogP contribution in [0.3, 0.4) is 0 Å². The van der Waals surface area contributed by atoms with Crippen LogP contribution in [0.1, 0.15) is 66.8 Å². The van der Waals surface area contributed by atoms with Crippen LogP contribution in [-0.2, 0) is 22.4 Å². The van der Waals surface area contributed by atoms with Gasteiger partial charge in [-0.05, 0) is 64.4 Å². The van der Waals surface area contributed by atoms with Gasteiger partial charge in [-0.25, -0.2) is 4.79 Å². The van der Waals surface area contributed by atoms with Crippen molar-refractivity contribution in [3.05, 3.63) is 16.0 Å². The van der Waals surface area contributed by atoms with Crippen molar-refractivity contribution in [3.63, 3.8) is 0 Å². The van der Waals surface area contributed by atoms with Gasteiger partial charge in [-0.15, -0.1) is 11.3 Å². The highest BCUT2D eigenvalue weighted by atomic mass is 32.1. The van der Waals surface area contributed by atoms with Crippen LogP contribution in [-0.4, -0.2) is 37.6 Å². The summed E-state index contributed by atoms with van der Waals surface area (Å²) in [6.07, 6.45) is 7.79. The normalized spacial score (nSPS) is 23.0. The van der Waals surface area contributed by atoms with E-state index in [0.29, 0.717) is 29.8 Å². The largest absolute Gasteiger partial charge is 0.462 e. The van der Waals surface area contributed by atoms with Gasteiger partial charge in [0.05, 0.1) is 24.8 Å². The lowest BCUT2D eigenvalue weighted by Gasteiger charge is -2.29. The molecule has 0 bridgehead atoms. The first-order valence-corrected chi connectivity index (χ1v) is 10.4. The number of ether oxygens (including phenoxy) is 1. The third-order valence-electron chi connectivity index (χ3n) is 5.37. The molecule has 1 aliphatic carbocycles. The molecule has 5 nitrogen and oxygen atoms in total. The van der Waals surface area contributed by atoms with Crippen LogP contribution in [0.2, 0.25) is 0 Å². The van der Waals surface area contributed by atoms with Crippen LogP contribution in [0.25, 0.3) is 0 Å². The molecule has 0 spiro atoms. The van der Waals surface area contributed by atoms with Crippen LogP contribution in [0.15, 0.2) is 0 Å². The summed E-state index contributed by atoms with van der Waals surface area (Å²) in [5.74, 6) is -0.288. The van der Waals surface area contributed by atoms with E-state index in [4.69, 9.17) is 4.74 Å². The monoisotopic (exact) mass is 365 g/mol. The van der Waals surface area contributed by atoms with Crippen LogP contribution >= 0.6 is 11.3 Å². The molecule has 1 amide bonds. The van der Waals surface area contributed by atoms with Crippen LogP contribution in [0, 0.1) is 0 Å². The second-order valence-electron chi connectivity index (χ2n) is 7.17. The van der Waals surface area contributed by atoms with E-state index in [1.54, 1.807) is 11.3 Å². The van der Waals surface area contributed by atoms with Crippen molar-refractivity contribution in [2.45, 2.75) is 64.8 Å². The van der Waals surface area contributed by atoms with E-state index < -0.39 is 0 Å². The topological polar surface area (TPSA) is 59.8 Å². The molecule has 2 atom stereocenters. The van der Waals surface area contributed by atoms with E-state index in [-0.39, 0.29) is 11.9 Å². The molecular weight excluding hydrogens is 336 g/mol. The maximum atomic E-state index is 12.6. The van der Waals surface area contributed by atoms with Gasteiger partial charge in [-0.2, -0.15) is 0 Å². The maximum absolute atomic E-state index is 12.6. The molecule has 0 radical (unpaired) electrons. The predicted molar refractivity (Wildman–Crippen MR) is 99.6 cm³/mol. The highest BCUT2D eigenvalue weighted by molar-refractivity contribution is 7.17. The average Bonchev–Trinajstić information content (AvgIpc) is 2.95. The SMILES string of the molecule is CCOC(=O)c1c(NC(=O)C[NH+]2CCCC[C@@H]2C)sc2c1CCCC2. The third kappa shape index (κ3) is 4.23. The van der Waals surface area contributed by atoms with Gasteiger partial charge in [0.15, 0.2) is 6.54 Å². The third-order valence-corrected chi connectivity index (χ3v) is 6.58. The molecule has 2 heterocycles. The fourth-order valence-electron chi connectivity index (χ4n) is 3.97. The number of carbonyl (C=O) groups is 2. The first-order chi connectivity index (χ1) is 12.1.